The maximum atomic E-state index is 11.9. The lowest BCUT2D eigenvalue weighted by Gasteiger charge is -2.13. The Bertz CT molecular complexity index is 566. The minimum atomic E-state index is -0.265. The number of nitrogens with zero attached hydrogens (tertiary/aromatic N) is 1. The highest BCUT2D eigenvalue weighted by Gasteiger charge is 2.14. The molecule has 0 saturated heterocycles. The number of aromatic nitrogens is 1. The summed E-state index contributed by atoms with van der Waals surface area (Å²) in [5, 5.41) is 7.14. The van der Waals surface area contributed by atoms with Crippen molar-refractivity contribution in [3.63, 3.8) is 0 Å². The van der Waals surface area contributed by atoms with Gasteiger partial charge in [0.05, 0.1) is 6.04 Å². The van der Waals surface area contributed by atoms with Gasteiger partial charge < -0.3 is 9.84 Å². The lowest BCUT2D eigenvalue weighted by Crippen LogP contribution is -2.26. The Hall–Kier alpha value is -1.81. The summed E-state index contributed by atoms with van der Waals surface area (Å²) in [5.41, 5.74) is 1.22. The van der Waals surface area contributed by atoms with Crippen molar-refractivity contribution in [2.24, 2.45) is 0 Å². The number of hydrogen-bond acceptors (Lipinski definition) is 3. The smallest absolute Gasteiger partial charge is 0.273 e. The second-order valence-corrected chi connectivity index (χ2v) is 4.51. The fraction of sp³-hybridized carbons (Fsp3) is 0.231. The third-order valence-corrected chi connectivity index (χ3v) is 2.79. The monoisotopic (exact) mass is 264 g/mol. The van der Waals surface area contributed by atoms with Gasteiger partial charge in [0.25, 0.3) is 5.91 Å². The molecule has 5 heteroatoms. The highest BCUT2D eigenvalue weighted by molar-refractivity contribution is 6.30. The highest BCUT2D eigenvalue weighted by atomic mass is 35.5. The minimum absolute atomic E-state index is 0.145. The van der Waals surface area contributed by atoms with E-state index in [9.17, 15) is 4.79 Å². The van der Waals surface area contributed by atoms with Crippen LogP contribution in [0, 0.1) is 6.92 Å². The predicted molar refractivity (Wildman–Crippen MR) is 68.6 cm³/mol. The first kappa shape index (κ1) is 12.6. The lowest BCUT2D eigenvalue weighted by atomic mass is 10.1. The van der Waals surface area contributed by atoms with Crippen molar-refractivity contribution in [3.05, 3.63) is 52.4 Å². The van der Waals surface area contributed by atoms with E-state index in [4.69, 9.17) is 16.1 Å². The van der Waals surface area contributed by atoms with Crippen molar-refractivity contribution in [2.75, 3.05) is 0 Å². The molecule has 0 fully saturated rings. The van der Waals surface area contributed by atoms with E-state index < -0.39 is 0 Å². The summed E-state index contributed by atoms with van der Waals surface area (Å²) in [6, 6.07) is 8.82. The van der Waals surface area contributed by atoms with Crippen LogP contribution in [-0.2, 0) is 0 Å². The van der Waals surface area contributed by atoms with Gasteiger partial charge in [-0.05, 0) is 31.5 Å². The number of carbonyl (C=O) groups excluding carboxylic acids is 1. The van der Waals surface area contributed by atoms with Crippen molar-refractivity contribution in [1.29, 1.82) is 0 Å². The molecular weight excluding hydrogens is 252 g/mol. The zero-order chi connectivity index (χ0) is 13.1. The van der Waals surface area contributed by atoms with E-state index in [2.05, 4.69) is 10.5 Å². The molecule has 1 N–H and O–H groups in total. The average Bonchev–Trinajstić information content (AvgIpc) is 2.76. The van der Waals surface area contributed by atoms with Crippen molar-refractivity contribution in [1.82, 2.24) is 10.5 Å². The molecule has 1 aromatic carbocycles. The maximum Gasteiger partial charge on any atom is 0.273 e. The van der Waals surface area contributed by atoms with Gasteiger partial charge >= 0.3 is 0 Å². The number of rotatable bonds is 3. The van der Waals surface area contributed by atoms with E-state index >= 15 is 0 Å². The largest absolute Gasteiger partial charge is 0.361 e. The third kappa shape index (κ3) is 2.90. The van der Waals surface area contributed by atoms with E-state index in [1.54, 1.807) is 19.1 Å². The fourth-order valence-corrected chi connectivity index (χ4v) is 1.80. The number of carbonyl (C=O) groups is 1. The van der Waals surface area contributed by atoms with Crippen molar-refractivity contribution in [2.45, 2.75) is 19.9 Å². The molecule has 2 aromatic rings. The van der Waals surface area contributed by atoms with Crippen LogP contribution in [0.1, 0.15) is 34.8 Å². The van der Waals surface area contributed by atoms with E-state index in [-0.39, 0.29) is 17.6 Å². The number of benzene rings is 1. The average molecular weight is 265 g/mol. The summed E-state index contributed by atoms with van der Waals surface area (Å²) >= 11 is 5.91. The van der Waals surface area contributed by atoms with Gasteiger partial charge in [0, 0.05) is 11.1 Å². The van der Waals surface area contributed by atoms with E-state index in [0.717, 1.165) is 5.56 Å². The molecule has 0 spiro atoms. The normalized spacial score (nSPS) is 12.2. The number of nitrogens with one attached hydrogen (secondary N) is 1. The van der Waals surface area contributed by atoms with Gasteiger partial charge in [0.2, 0.25) is 0 Å². The van der Waals surface area contributed by atoms with Gasteiger partial charge in [-0.25, -0.2) is 0 Å². The number of amides is 1. The van der Waals surface area contributed by atoms with Crippen LogP contribution < -0.4 is 5.32 Å². The Kier molecular flexibility index (Phi) is 3.67. The molecule has 94 valence electrons. The molecule has 18 heavy (non-hydrogen) atoms. The van der Waals surface area contributed by atoms with Crippen LogP contribution in [0.4, 0.5) is 0 Å². The molecule has 4 nitrogen and oxygen atoms in total. The van der Waals surface area contributed by atoms with Crippen LogP contribution in [0.5, 0.6) is 0 Å². The molecule has 0 radical (unpaired) electrons. The maximum absolute atomic E-state index is 11.9. The van der Waals surface area contributed by atoms with Crippen molar-refractivity contribution >= 4 is 17.5 Å². The highest BCUT2D eigenvalue weighted by Crippen LogP contribution is 2.17. The minimum Gasteiger partial charge on any atom is -0.361 e. The molecule has 0 aliphatic rings. The van der Waals surface area contributed by atoms with E-state index in [1.807, 2.05) is 25.1 Å². The Morgan fingerprint density at radius 3 is 2.83 bits per heavy atom. The van der Waals surface area contributed by atoms with E-state index in [1.165, 1.54) is 0 Å². The molecule has 0 unspecified atom stereocenters. The SMILES string of the molecule is Cc1cc(C(=O)N[C@H](C)c2cccc(Cl)c2)no1. The molecule has 1 atom stereocenters. The summed E-state index contributed by atoms with van der Waals surface area (Å²) in [4.78, 5) is 11.9. The molecule has 0 aliphatic carbocycles. The van der Waals surface area contributed by atoms with Crippen molar-refractivity contribution < 1.29 is 9.32 Å². The summed E-state index contributed by atoms with van der Waals surface area (Å²) < 4.78 is 4.86. The molecule has 2 rings (SSSR count). The molecule has 0 saturated carbocycles. The molecule has 1 amide bonds. The van der Waals surface area contributed by atoms with Gasteiger partial charge in [-0.3, -0.25) is 4.79 Å². The third-order valence-electron chi connectivity index (χ3n) is 2.56. The first-order chi connectivity index (χ1) is 8.56. The molecule has 1 heterocycles. The van der Waals surface area contributed by atoms with Gasteiger partial charge in [-0.1, -0.05) is 28.9 Å². The quantitative estimate of drug-likeness (QED) is 0.927. The van der Waals surface area contributed by atoms with Crippen LogP contribution in [0.25, 0.3) is 0 Å². The summed E-state index contributed by atoms with van der Waals surface area (Å²) in [6.45, 7) is 3.63. The van der Waals surface area contributed by atoms with Crippen LogP contribution in [-0.4, -0.2) is 11.1 Å². The van der Waals surface area contributed by atoms with Crippen LogP contribution in [0.15, 0.2) is 34.9 Å². The predicted octanol–water partition coefficient (Wildman–Crippen LogP) is 3.13. The number of hydrogen-bond donors (Lipinski definition) is 1. The Labute approximate surface area is 110 Å². The Balaban J connectivity index is 2.07. The summed E-state index contributed by atoms with van der Waals surface area (Å²) in [5.74, 6) is 0.342. The number of aryl methyl sites for hydroxylation is 1. The second kappa shape index (κ2) is 5.23. The van der Waals surface area contributed by atoms with Crippen LogP contribution in [0.3, 0.4) is 0 Å². The fourth-order valence-electron chi connectivity index (χ4n) is 1.60. The second-order valence-electron chi connectivity index (χ2n) is 4.07. The summed E-state index contributed by atoms with van der Waals surface area (Å²) in [6.07, 6.45) is 0. The van der Waals surface area contributed by atoms with Gasteiger partial charge in [0.15, 0.2) is 5.69 Å². The topological polar surface area (TPSA) is 55.1 Å². The number of halogens is 1. The molecule has 0 bridgehead atoms. The van der Waals surface area contributed by atoms with Crippen LogP contribution in [0.2, 0.25) is 5.02 Å². The lowest BCUT2D eigenvalue weighted by molar-refractivity contribution is 0.0930. The Morgan fingerprint density at radius 2 is 2.22 bits per heavy atom. The van der Waals surface area contributed by atoms with Crippen LogP contribution >= 0.6 is 11.6 Å². The first-order valence-electron chi connectivity index (χ1n) is 5.56. The zero-order valence-corrected chi connectivity index (χ0v) is 10.9. The van der Waals surface area contributed by atoms with Gasteiger partial charge in [-0.15, -0.1) is 0 Å². The standard InChI is InChI=1S/C13H13ClN2O2/c1-8-6-12(16-18-8)13(17)15-9(2)10-4-3-5-11(14)7-10/h3-7,9H,1-2H3,(H,15,17)/t9-/m1/s1. The first-order valence-corrected chi connectivity index (χ1v) is 5.93. The molecular formula is C13H13ClN2O2. The van der Waals surface area contributed by atoms with Gasteiger partial charge in [0.1, 0.15) is 5.76 Å². The zero-order valence-electron chi connectivity index (χ0n) is 10.1. The van der Waals surface area contributed by atoms with E-state index in [0.29, 0.717) is 10.8 Å². The van der Waals surface area contributed by atoms with Gasteiger partial charge in [-0.2, -0.15) is 0 Å². The van der Waals surface area contributed by atoms with Crippen molar-refractivity contribution in [3.8, 4) is 0 Å². The molecule has 1 aromatic heterocycles. The Morgan fingerprint density at radius 1 is 1.44 bits per heavy atom. The summed E-state index contributed by atoms with van der Waals surface area (Å²) in [7, 11) is 0. The molecule has 0 aliphatic heterocycles.